The molecule has 0 fully saturated rings. The molecule has 2 aromatic rings. The van der Waals surface area contributed by atoms with Gasteiger partial charge >= 0.3 is 0 Å². The zero-order chi connectivity index (χ0) is 13.8. The van der Waals surface area contributed by atoms with Crippen molar-refractivity contribution in [3.63, 3.8) is 0 Å². The number of nitrogens with two attached hydrogens (primary N) is 1. The van der Waals surface area contributed by atoms with Gasteiger partial charge in [-0.05, 0) is 48.4 Å². The van der Waals surface area contributed by atoms with Crippen molar-refractivity contribution in [2.75, 3.05) is 6.54 Å². The maximum Gasteiger partial charge on any atom is 0.159 e. The van der Waals surface area contributed by atoms with Crippen molar-refractivity contribution in [3.8, 4) is 0 Å². The van der Waals surface area contributed by atoms with Gasteiger partial charge in [-0.3, -0.25) is 0 Å². The molecule has 0 aliphatic heterocycles. The van der Waals surface area contributed by atoms with Gasteiger partial charge in [-0.1, -0.05) is 18.2 Å². The number of benzene rings is 2. The Balaban J connectivity index is 2.21. The summed E-state index contributed by atoms with van der Waals surface area (Å²) in [5.41, 5.74) is 7.07. The minimum absolute atomic E-state index is 0.124. The Morgan fingerprint density at radius 1 is 0.947 bits per heavy atom. The lowest BCUT2D eigenvalue weighted by Crippen LogP contribution is -2.15. The SMILES string of the molecule is NCC(Cc1ccc(F)c(F)c1)c1cccc(F)c1. The molecule has 0 saturated carbocycles. The number of rotatable bonds is 4. The van der Waals surface area contributed by atoms with Crippen molar-refractivity contribution in [3.05, 3.63) is 71.0 Å². The molecular weight excluding hydrogens is 251 g/mol. The fraction of sp³-hybridized carbons (Fsp3) is 0.200. The molecule has 0 saturated heterocycles. The van der Waals surface area contributed by atoms with E-state index in [0.29, 0.717) is 18.5 Å². The van der Waals surface area contributed by atoms with Crippen molar-refractivity contribution in [1.29, 1.82) is 0 Å². The molecule has 2 N–H and O–H groups in total. The van der Waals surface area contributed by atoms with E-state index in [9.17, 15) is 13.2 Å². The second-order valence-electron chi connectivity index (χ2n) is 4.44. The normalized spacial score (nSPS) is 12.4. The van der Waals surface area contributed by atoms with Crippen LogP contribution in [0.3, 0.4) is 0 Å². The summed E-state index contributed by atoms with van der Waals surface area (Å²) < 4.78 is 39.1. The minimum Gasteiger partial charge on any atom is -0.330 e. The van der Waals surface area contributed by atoms with Crippen LogP contribution in [0.1, 0.15) is 17.0 Å². The van der Waals surface area contributed by atoms with Gasteiger partial charge in [0.25, 0.3) is 0 Å². The summed E-state index contributed by atoms with van der Waals surface area (Å²) in [5.74, 6) is -2.21. The van der Waals surface area contributed by atoms with E-state index < -0.39 is 11.6 Å². The van der Waals surface area contributed by atoms with E-state index >= 15 is 0 Å². The van der Waals surface area contributed by atoms with Crippen molar-refractivity contribution in [1.82, 2.24) is 0 Å². The van der Waals surface area contributed by atoms with E-state index in [-0.39, 0.29) is 11.7 Å². The highest BCUT2D eigenvalue weighted by molar-refractivity contribution is 5.26. The standard InChI is InChI=1S/C15H14F3N/c16-13-3-1-2-11(8-13)12(9-19)6-10-4-5-14(17)15(18)7-10/h1-5,7-8,12H,6,9,19H2. The van der Waals surface area contributed by atoms with E-state index in [1.807, 2.05) is 0 Å². The second kappa shape index (κ2) is 5.89. The van der Waals surface area contributed by atoms with Crippen molar-refractivity contribution in [2.45, 2.75) is 12.3 Å². The number of hydrogen-bond donors (Lipinski definition) is 1. The van der Waals surface area contributed by atoms with Gasteiger partial charge in [-0.2, -0.15) is 0 Å². The van der Waals surface area contributed by atoms with Gasteiger partial charge in [0.05, 0.1) is 0 Å². The molecule has 4 heteroatoms. The summed E-state index contributed by atoms with van der Waals surface area (Å²) >= 11 is 0. The maximum absolute atomic E-state index is 13.2. The fourth-order valence-corrected chi connectivity index (χ4v) is 2.05. The first-order valence-corrected chi connectivity index (χ1v) is 5.99. The van der Waals surface area contributed by atoms with E-state index in [4.69, 9.17) is 5.73 Å². The third-order valence-corrected chi connectivity index (χ3v) is 3.07. The van der Waals surface area contributed by atoms with Crippen molar-refractivity contribution in [2.24, 2.45) is 5.73 Å². The molecule has 0 heterocycles. The summed E-state index contributed by atoms with van der Waals surface area (Å²) in [6, 6.07) is 9.91. The van der Waals surface area contributed by atoms with E-state index in [2.05, 4.69) is 0 Å². The van der Waals surface area contributed by atoms with E-state index in [0.717, 1.165) is 17.7 Å². The van der Waals surface area contributed by atoms with Crippen LogP contribution < -0.4 is 5.73 Å². The minimum atomic E-state index is -0.882. The largest absolute Gasteiger partial charge is 0.330 e. The number of hydrogen-bond acceptors (Lipinski definition) is 1. The lowest BCUT2D eigenvalue weighted by Gasteiger charge is -2.15. The highest BCUT2D eigenvalue weighted by Gasteiger charge is 2.12. The van der Waals surface area contributed by atoms with Gasteiger partial charge in [0.15, 0.2) is 11.6 Å². The molecule has 0 aromatic heterocycles. The van der Waals surface area contributed by atoms with Crippen LogP contribution in [0.15, 0.2) is 42.5 Å². The Labute approximate surface area is 109 Å². The quantitative estimate of drug-likeness (QED) is 0.901. The van der Waals surface area contributed by atoms with Crippen molar-refractivity contribution >= 4 is 0 Å². The molecule has 0 aliphatic carbocycles. The van der Waals surface area contributed by atoms with Crippen LogP contribution >= 0.6 is 0 Å². The summed E-state index contributed by atoms with van der Waals surface area (Å²) in [4.78, 5) is 0. The van der Waals surface area contributed by atoms with Crippen LogP contribution in [-0.2, 0) is 6.42 Å². The molecule has 0 amide bonds. The zero-order valence-corrected chi connectivity index (χ0v) is 10.2. The monoisotopic (exact) mass is 265 g/mol. The predicted octanol–water partition coefficient (Wildman–Crippen LogP) is 3.39. The Kier molecular flexibility index (Phi) is 4.22. The van der Waals surface area contributed by atoms with Crippen LogP contribution in [0.2, 0.25) is 0 Å². The summed E-state index contributed by atoms with van der Waals surface area (Å²) in [7, 11) is 0. The molecule has 0 aliphatic rings. The molecule has 2 aromatic carbocycles. The molecule has 1 nitrogen and oxygen atoms in total. The molecule has 19 heavy (non-hydrogen) atoms. The van der Waals surface area contributed by atoms with Crippen LogP contribution in [0.4, 0.5) is 13.2 Å². The molecule has 2 rings (SSSR count). The number of halogens is 3. The first-order valence-electron chi connectivity index (χ1n) is 5.99. The maximum atomic E-state index is 13.2. The Hall–Kier alpha value is -1.81. The van der Waals surface area contributed by atoms with Crippen LogP contribution in [0, 0.1) is 17.5 Å². The van der Waals surface area contributed by atoms with Gasteiger partial charge in [0.1, 0.15) is 5.82 Å². The predicted molar refractivity (Wildman–Crippen MR) is 68.3 cm³/mol. The average Bonchev–Trinajstić information content (AvgIpc) is 2.40. The molecule has 1 atom stereocenters. The average molecular weight is 265 g/mol. The lowest BCUT2D eigenvalue weighted by atomic mass is 9.92. The lowest BCUT2D eigenvalue weighted by molar-refractivity contribution is 0.506. The Morgan fingerprint density at radius 2 is 1.74 bits per heavy atom. The van der Waals surface area contributed by atoms with Gasteiger partial charge in [0, 0.05) is 5.92 Å². The molecule has 1 unspecified atom stereocenters. The smallest absolute Gasteiger partial charge is 0.159 e. The molecule has 0 bridgehead atoms. The molecule has 100 valence electrons. The summed E-state index contributed by atoms with van der Waals surface area (Å²) in [6.45, 7) is 0.308. The van der Waals surface area contributed by atoms with Gasteiger partial charge in [-0.25, -0.2) is 13.2 Å². The van der Waals surface area contributed by atoms with Crippen molar-refractivity contribution < 1.29 is 13.2 Å². The first kappa shape index (κ1) is 13.6. The summed E-state index contributed by atoms with van der Waals surface area (Å²) in [5, 5.41) is 0. The molecule has 0 spiro atoms. The third-order valence-electron chi connectivity index (χ3n) is 3.07. The van der Waals surface area contributed by atoms with Crippen LogP contribution in [0.5, 0.6) is 0 Å². The van der Waals surface area contributed by atoms with Gasteiger partial charge < -0.3 is 5.73 Å². The summed E-state index contributed by atoms with van der Waals surface area (Å²) in [6.07, 6.45) is 0.442. The third kappa shape index (κ3) is 3.35. The zero-order valence-electron chi connectivity index (χ0n) is 10.2. The molecule has 0 radical (unpaired) electrons. The van der Waals surface area contributed by atoms with Gasteiger partial charge in [0.2, 0.25) is 0 Å². The van der Waals surface area contributed by atoms with Crippen LogP contribution in [-0.4, -0.2) is 6.54 Å². The Morgan fingerprint density at radius 3 is 2.37 bits per heavy atom. The second-order valence-corrected chi connectivity index (χ2v) is 4.44. The topological polar surface area (TPSA) is 26.0 Å². The highest BCUT2D eigenvalue weighted by Crippen LogP contribution is 2.21. The fourth-order valence-electron chi connectivity index (χ4n) is 2.05. The van der Waals surface area contributed by atoms with E-state index in [1.54, 1.807) is 12.1 Å². The molecular formula is C15H14F3N. The van der Waals surface area contributed by atoms with Crippen LogP contribution in [0.25, 0.3) is 0 Å². The van der Waals surface area contributed by atoms with Gasteiger partial charge in [-0.15, -0.1) is 0 Å². The van der Waals surface area contributed by atoms with E-state index in [1.165, 1.54) is 18.2 Å². The highest BCUT2D eigenvalue weighted by atomic mass is 19.2. The first-order chi connectivity index (χ1) is 9.10. The Bertz CT molecular complexity index is 569.